The van der Waals surface area contributed by atoms with Crippen molar-refractivity contribution in [2.45, 2.75) is 38.8 Å². The fraction of sp³-hybridized carbons (Fsp3) is 0.308. The Morgan fingerprint density at radius 1 is 0.676 bits per heavy atom. The highest BCUT2D eigenvalue weighted by molar-refractivity contribution is 6.21. The number of benzene rings is 3. The fourth-order valence-electron chi connectivity index (χ4n) is 4.27. The third kappa shape index (κ3) is 4.44. The number of guanidine groups is 2. The van der Waals surface area contributed by atoms with Gasteiger partial charge in [-0.15, -0.1) is 0 Å². The molecule has 8 heteroatoms. The van der Waals surface area contributed by atoms with Crippen molar-refractivity contribution in [3.63, 3.8) is 0 Å². The first-order valence-corrected chi connectivity index (χ1v) is 11.5. The molecular formula is C26H30N8. The first-order chi connectivity index (χ1) is 16.3. The number of fused-ring (bicyclic) bond motifs is 2. The highest BCUT2D eigenvalue weighted by Gasteiger charge is 2.25. The summed E-state index contributed by atoms with van der Waals surface area (Å²) in [6.45, 7) is 9.89. The molecule has 174 valence electrons. The molecule has 0 amide bonds. The van der Waals surface area contributed by atoms with Gasteiger partial charge in [0.2, 0.25) is 11.9 Å². The van der Waals surface area contributed by atoms with Gasteiger partial charge in [0.25, 0.3) is 0 Å². The molecule has 0 aliphatic carbocycles. The van der Waals surface area contributed by atoms with Crippen LogP contribution in [-0.2, 0) is 0 Å². The summed E-state index contributed by atoms with van der Waals surface area (Å²) in [6, 6.07) is 16.7. The second-order valence-corrected chi connectivity index (χ2v) is 10.0. The van der Waals surface area contributed by atoms with Crippen LogP contribution in [-0.4, -0.2) is 48.5 Å². The minimum absolute atomic E-state index is 0.0540. The first-order valence-electron chi connectivity index (χ1n) is 11.5. The van der Waals surface area contributed by atoms with Crippen LogP contribution in [0.15, 0.2) is 68.7 Å². The van der Waals surface area contributed by atoms with Gasteiger partial charge in [-0.1, -0.05) is 48.5 Å². The van der Waals surface area contributed by atoms with Gasteiger partial charge in [-0.3, -0.25) is 0 Å². The molecule has 0 unspecified atom stereocenters. The van der Waals surface area contributed by atoms with Crippen molar-refractivity contribution in [3.8, 4) is 0 Å². The summed E-state index contributed by atoms with van der Waals surface area (Å²) in [5.41, 5.74) is 8.09. The van der Waals surface area contributed by atoms with Crippen molar-refractivity contribution in [2.75, 3.05) is 13.1 Å². The summed E-state index contributed by atoms with van der Waals surface area (Å²) in [7, 11) is 0. The molecule has 0 radical (unpaired) electrons. The molecule has 2 aliphatic rings. The van der Waals surface area contributed by atoms with E-state index in [9.17, 15) is 0 Å². The molecular weight excluding hydrogens is 424 g/mol. The number of nitrogens with one attached hydrogen (secondary N) is 4. The van der Waals surface area contributed by atoms with Crippen LogP contribution < -0.4 is 21.5 Å². The Balaban J connectivity index is 1.50. The number of aliphatic imine (C=N–C) groups is 2. The van der Waals surface area contributed by atoms with E-state index in [4.69, 9.17) is 0 Å². The summed E-state index contributed by atoms with van der Waals surface area (Å²) in [5.74, 6) is 1.38. The normalized spacial score (nSPS) is 18.8. The van der Waals surface area contributed by atoms with Crippen LogP contribution in [0.5, 0.6) is 0 Å². The van der Waals surface area contributed by atoms with E-state index in [1.165, 1.54) is 0 Å². The van der Waals surface area contributed by atoms with Crippen LogP contribution in [0.4, 0.5) is 0 Å². The minimum Gasteiger partial charge on any atom is -0.348 e. The molecule has 3 aromatic carbocycles. The van der Waals surface area contributed by atoms with E-state index >= 15 is 0 Å². The molecule has 2 heterocycles. The number of hydrogen-bond donors (Lipinski definition) is 4. The second-order valence-electron chi connectivity index (χ2n) is 10.0. The molecule has 0 aromatic heterocycles. The monoisotopic (exact) mass is 454 g/mol. The zero-order valence-corrected chi connectivity index (χ0v) is 20.0. The molecule has 5 rings (SSSR count). The van der Waals surface area contributed by atoms with Gasteiger partial charge in [-0.25, -0.2) is 20.8 Å². The van der Waals surface area contributed by atoms with Gasteiger partial charge in [0.15, 0.2) is 0 Å². The molecule has 0 atom stereocenters. The van der Waals surface area contributed by atoms with Crippen LogP contribution in [0.2, 0.25) is 0 Å². The van der Waals surface area contributed by atoms with E-state index in [1.807, 2.05) is 36.7 Å². The quantitative estimate of drug-likeness (QED) is 0.276. The lowest BCUT2D eigenvalue weighted by atomic mass is 9.92. The van der Waals surface area contributed by atoms with Gasteiger partial charge >= 0.3 is 0 Å². The molecule has 3 aromatic rings. The maximum Gasteiger partial charge on any atom is 0.212 e. The predicted molar refractivity (Wildman–Crippen MR) is 142 cm³/mol. The number of hydrogen-bond acceptors (Lipinski definition) is 8. The smallest absolute Gasteiger partial charge is 0.212 e. The number of hydrazone groups is 2. The molecule has 0 fully saturated rings. The molecule has 0 saturated heterocycles. The van der Waals surface area contributed by atoms with E-state index in [0.29, 0.717) is 11.9 Å². The largest absolute Gasteiger partial charge is 0.348 e. The van der Waals surface area contributed by atoms with Crippen LogP contribution in [0.25, 0.3) is 21.5 Å². The van der Waals surface area contributed by atoms with Crippen molar-refractivity contribution in [1.82, 2.24) is 21.5 Å². The Labute approximate surface area is 199 Å². The van der Waals surface area contributed by atoms with Gasteiger partial charge in [0.1, 0.15) is 0 Å². The highest BCUT2D eigenvalue weighted by atomic mass is 15.4. The zero-order chi connectivity index (χ0) is 23.8. The topological polar surface area (TPSA) is 97.6 Å². The van der Waals surface area contributed by atoms with Crippen LogP contribution in [0.3, 0.4) is 0 Å². The zero-order valence-electron chi connectivity index (χ0n) is 20.0. The van der Waals surface area contributed by atoms with Crippen molar-refractivity contribution in [2.24, 2.45) is 20.2 Å². The fourth-order valence-corrected chi connectivity index (χ4v) is 4.27. The van der Waals surface area contributed by atoms with E-state index in [0.717, 1.165) is 45.8 Å². The van der Waals surface area contributed by atoms with E-state index in [2.05, 4.69) is 93.6 Å². The molecule has 8 nitrogen and oxygen atoms in total. The Morgan fingerprint density at radius 3 is 1.32 bits per heavy atom. The third-order valence-electron chi connectivity index (χ3n) is 5.92. The summed E-state index contributed by atoms with van der Waals surface area (Å²) < 4.78 is 0. The Bertz CT molecular complexity index is 1200. The van der Waals surface area contributed by atoms with Crippen LogP contribution in [0, 0.1) is 0 Å². The van der Waals surface area contributed by atoms with Crippen LogP contribution in [0.1, 0.15) is 38.8 Å². The lowest BCUT2D eigenvalue weighted by Gasteiger charge is -2.17. The van der Waals surface area contributed by atoms with Gasteiger partial charge in [0, 0.05) is 11.1 Å². The average Bonchev–Trinajstić information content (AvgIpc) is 3.34. The lowest BCUT2D eigenvalue weighted by molar-refractivity contribution is 0.502. The summed E-state index contributed by atoms with van der Waals surface area (Å²) in [6.07, 6.45) is 3.75. The lowest BCUT2D eigenvalue weighted by Crippen LogP contribution is -2.43. The summed E-state index contributed by atoms with van der Waals surface area (Å²) >= 11 is 0. The molecule has 34 heavy (non-hydrogen) atoms. The Kier molecular flexibility index (Phi) is 5.43. The van der Waals surface area contributed by atoms with Gasteiger partial charge in [-0.2, -0.15) is 10.2 Å². The van der Waals surface area contributed by atoms with E-state index < -0.39 is 0 Å². The standard InChI is InChI=1S/C26H30N8/c1-25(2)15-27-23(31-25)33-29-13-21-17-9-5-7-11-19(17)22(20-12-8-6-10-18(20)21)14-30-34-24-28-16-26(3,4)32-24/h5-14H,15-16H2,1-4H3,(H2,27,31,33)(H2,28,32,34)/b29-13+,30-14+. The van der Waals surface area contributed by atoms with Gasteiger partial charge < -0.3 is 10.6 Å². The number of rotatable bonds is 4. The van der Waals surface area contributed by atoms with Gasteiger partial charge in [-0.05, 0) is 49.2 Å². The predicted octanol–water partition coefficient (Wildman–Crippen LogP) is 3.32. The van der Waals surface area contributed by atoms with Crippen LogP contribution >= 0.6 is 0 Å². The summed E-state index contributed by atoms with van der Waals surface area (Å²) in [5, 5.41) is 20.1. The highest BCUT2D eigenvalue weighted by Crippen LogP contribution is 2.31. The maximum atomic E-state index is 4.51. The minimum atomic E-state index is -0.0540. The van der Waals surface area contributed by atoms with Crippen molar-refractivity contribution < 1.29 is 0 Å². The van der Waals surface area contributed by atoms with Crippen molar-refractivity contribution >= 4 is 45.9 Å². The van der Waals surface area contributed by atoms with E-state index in [-0.39, 0.29) is 11.1 Å². The van der Waals surface area contributed by atoms with Gasteiger partial charge in [0.05, 0.1) is 36.6 Å². The van der Waals surface area contributed by atoms with Crippen molar-refractivity contribution in [3.05, 3.63) is 59.7 Å². The number of nitrogens with zero attached hydrogens (tertiary/aromatic N) is 4. The SMILES string of the molecule is CC1(C)CN=C(N/N=C/c2c3ccccc3c(/C=N/NC3=NCC(C)(C)N3)c3ccccc23)N1. The maximum absolute atomic E-state index is 4.51. The third-order valence-corrected chi connectivity index (χ3v) is 5.92. The molecule has 0 spiro atoms. The molecule has 0 saturated carbocycles. The molecule has 4 N–H and O–H groups in total. The second kappa shape index (κ2) is 8.44. The molecule has 2 aliphatic heterocycles. The summed E-state index contributed by atoms with van der Waals surface area (Å²) in [4.78, 5) is 8.95. The first kappa shape index (κ1) is 21.9. The average molecular weight is 455 g/mol. The Hall–Kier alpha value is -3.94. The Morgan fingerprint density at radius 2 is 1.03 bits per heavy atom. The van der Waals surface area contributed by atoms with E-state index in [1.54, 1.807) is 0 Å². The molecule has 0 bridgehead atoms. The van der Waals surface area contributed by atoms with Crippen molar-refractivity contribution in [1.29, 1.82) is 0 Å².